The Balaban J connectivity index is 1.52. The first kappa shape index (κ1) is 22.3. The van der Waals surface area contributed by atoms with Crippen molar-refractivity contribution in [2.45, 2.75) is 45.4 Å². The number of unbranched alkanes of at least 4 members (excludes halogenated alkanes) is 5. The van der Waals surface area contributed by atoms with Crippen LogP contribution < -0.4 is 9.47 Å². The zero-order valence-electron chi connectivity index (χ0n) is 17.8. The maximum Gasteiger partial charge on any atom is 0.343 e. The number of rotatable bonds is 11. The van der Waals surface area contributed by atoms with Gasteiger partial charge in [0.15, 0.2) is 0 Å². The molecular weight excluding hydrogens is 392 g/mol. The van der Waals surface area contributed by atoms with Crippen LogP contribution in [-0.2, 0) is 0 Å². The zero-order chi connectivity index (χ0) is 22.1. The van der Waals surface area contributed by atoms with Crippen LogP contribution in [-0.4, -0.2) is 23.7 Å². The normalized spacial score (nSPS) is 10.7. The van der Waals surface area contributed by atoms with Crippen LogP contribution in [0.1, 0.15) is 66.2 Å². The Labute approximate surface area is 182 Å². The predicted molar refractivity (Wildman–Crippen MR) is 121 cm³/mol. The van der Waals surface area contributed by atoms with E-state index in [-0.39, 0.29) is 5.56 Å². The lowest BCUT2D eigenvalue weighted by atomic mass is 10.1. The average Bonchev–Trinajstić information content (AvgIpc) is 2.78. The van der Waals surface area contributed by atoms with E-state index in [4.69, 9.17) is 14.6 Å². The third-order valence-corrected chi connectivity index (χ3v) is 5.13. The minimum Gasteiger partial charge on any atom is -0.494 e. The first-order valence-electron chi connectivity index (χ1n) is 10.8. The van der Waals surface area contributed by atoms with Crippen LogP contribution in [0.5, 0.6) is 11.5 Å². The van der Waals surface area contributed by atoms with Crippen molar-refractivity contribution in [3.8, 4) is 11.5 Å². The van der Waals surface area contributed by atoms with Gasteiger partial charge >= 0.3 is 11.9 Å². The van der Waals surface area contributed by atoms with Crippen molar-refractivity contribution in [3.63, 3.8) is 0 Å². The number of carboxylic acids is 1. The molecule has 0 atom stereocenters. The summed E-state index contributed by atoms with van der Waals surface area (Å²) in [5, 5.41) is 10.7. The van der Waals surface area contributed by atoms with E-state index < -0.39 is 11.9 Å². The van der Waals surface area contributed by atoms with Crippen molar-refractivity contribution < 1.29 is 24.2 Å². The third-order valence-electron chi connectivity index (χ3n) is 5.13. The summed E-state index contributed by atoms with van der Waals surface area (Å²) in [7, 11) is 0. The van der Waals surface area contributed by atoms with Crippen molar-refractivity contribution in [1.29, 1.82) is 0 Å². The Kier molecular flexibility index (Phi) is 8.05. The highest BCUT2D eigenvalue weighted by molar-refractivity contribution is 5.95. The van der Waals surface area contributed by atoms with Gasteiger partial charge in [-0.05, 0) is 65.7 Å². The molecular formula is C26H28O5. The molecule has 0 saturated carbocycles. The monoisotopic (exact) mass is 420 g/mol. The summed E-state index contributed by atoms with van der Waals surface area (Å²) in [6, 6.07) is 16.9. The molecule has 0 saturated heterocycles. The maximum absolute atomic E-state index is 12.4. The molecule has 3 aromatic rings. The third kappa shape index (κ3) is 6.57. The van der Waals surface area contributed by atoms with Crippen LogP contribution in [0.25, 0.3) is 10.8 Å². The predicted octanol–water partition coefficient (Wildman–Crippen LogP) is 6.50. The Bertz CT molecular complexity index is 1020. The smallest absolute Gasteiger partial charge is 0.343 e. The average molecular weight is 421 g/mol. The molecule has 0 aliphatic carbocycles. The van der Waals surface area contributed by atoms with Crippen LogP contribution in [0, 0.1) is 0 Å². The van der Waals surface area contributed by atoms with E-state index in [0.29, 0.717) is 17.9 Å². The fraction of sp³-hybridized carbons (Fsp3) is 0.308. The van der Waals surface area contributed by atoms with Gasteiger partial charge in [0.1, 0.15) is 11.5 Å². The first-order valence-corrected chi connectivity index (χ1v) is 10.8. The Morgan fingerprint density at radius 1 is 0.742 bits per heavy atom. The molecule has 0 fully saturated rings. The van der Waals surface area contributed by atoms with Gasteiger partial charge in [0.05, 0.1) is 17.7 Å². The molecule has 0 aliphatic rings. The molecule has 5 nitrogen and oxygen atoms in total. The molecule has 0 aromatic heterocycles. The molecule has 0 unspecified atom stereocenters. The molecule has 0 bridgehead atoms. The van der Waals surface area contributed by atoms with Crippen molar-refractivity contribution in [3.05, 3.63) is 71.8 Å². The number of aromatic carboxylic acids is 1. The van der Waals surface area contributed by atoms with Crippen LogP contribution in [0.4, 0.5) is 0 Å². The number of carboxylic acid groups (broad SMARTS) is 1. The Hall–Kier alpha value is -3.34. The number of hydrogen-bond acceptors (Lipinski definition) is 4. The highest BCUT2D eigenvalue weighted by Crippen LogP contribution is 2.23. The standard InChI is InChI=1S/C26H28O5/c1-2-3-4-5-6-7-16-30-23-13-10-19(11-14-23)26(29)31-24-15-12-20-17-22(25(27)28)9-8-21(20)18-24/h8-15,17-18H,2-7,16H2,1H3,(H,27,28). The number of carbonyl (C=O) groups excluding carboxylic acids is 1. The molecule has 0 spiro atoms. The second-order valence-corrected chi connectivity index (χ2v) is 7.56. The quantitative estimate of drug-likeness (QED) is 0.218. The van der Waals surface area contributed by atoms with E-state index in [1.54, 1.807) is 54.6 Å². The zero-order valence-corrected chi connectivity index (χ0v) is 17.8. The molecule has 0 aliphatic heterocycles. The van der Waals surface area contributed by atoms with E-state index in [9.17, 15) is 9.59 Å². The lowest BCUT2D eigenvalue weighted by molar-refractivity contribution is 0.0694. The summed E-state index contributed by atoms with van der Waals surface area (Å²) in [5.41, 5.74) is 0.657. The van der Waals surface area contributed by atoms with Crippen LogP contribution >= 0.6 is 0 Å². The summed E-state index contributed by atoms with van der Waals surface area (Å²) in [4.78, 5) is 23.5. The molecule has 5 heteroatoms. The van der Waals surface area contributed by atoms with E-state index in [1.165, 1.54) is 38.2 Å². The van der Waals surface area contributed by atoms with Crippen molar-refractivity contribution >= 4 is 22.7 Å². The van der Waals surface area contributed by atoms with Crippen LogP contribution in [0.3, 0.4) is 0 Å². The number of benzene rings is 3. The fourth-order valence-electron chi connectivity index (χ4n) is 3.35. The Morgan fingerprint density at radius 2 is 1.35 bits per heavy atom. The molecule has 1 N–H and O–H groups in total. The second kappa shape index (κ2) is 11.2. The first-order chi connectivity index (χ1) is 15.1. The Morgan fingerprint density at radius 3 is 2.10 bits per heavy atom. The second-order valence-electron chi connectivity index (χ2n) is 7.56. The van der Waals surface area contributed by atoms with Gasteiger partial charge in [0.25, 0.3) is 0 Å². The topological polar surface area (TPSA) is 72.8 Å². The minimum atomic E-state index is -0.975. The lowest BCUT2D eigenvalue weighted by Crippen LogP contribution is -2.08. The minimum absolute atomic E-state index is 0.219. The molecule has 162 valence electrons. The fourth-order valence-corrected chi connectivity index (χ4v) is 3.35. The molecule has 3 aromatic carbocycles. The van der Waals surface area contributed by atoms with Crippen molar-refractivity contribution in [1.82, 2.24) is 0 Å². The van der Waals surface area contributed by atoms with Gasteiger partial charge in [0.2, 0.25) is 0 Å². The molecule has 0 radical (unpaired) electrons. The summed E-state index contributed by atoms with van der Waals surface area (Å²) in [6.07, 6.45) is 7.28. The number of carbonyl (C=O) groups is 2. The van der Waals surface area contributed by atoms with Gasteiger partial charge in [-0.3, -0.25) is 0 Å². The number of fused-ring (bicyclic) bond motifs is 1. The van der Waals surface area contributed by atoms with Gasteiger partial charge in [-0.1, -0.05) is 51.2 Å². The maximum atomic E-state index is 12.4. The molecule has 0 amide bonds. The molecule has 0 heterocycles. The summed E-state index contributed by atoms with van der Waals surface area (Å²) in [5.74, 6) is -0.283. The largest absolute Gasteiger partial charge is 0.494 e. The molecule has 31 heavy (non-hydrogen) atoms. The van der Waals surface area contributed by atoms with E-state index in [1.807, 2.05) is 0 Å². The summed E-state index contributed by atoms with van der Waals surface area (Å²) >= 11 is 0. The van der Waals surface area contributed by atoms with Gasteiger partial charge in [-0.2, -0.15) is 0 Å². The highest BCUT2D eigenvalue weighted by Gasteiger charge is 2.10. The van der Waals surface area contributed by atoms with Gasteiger partial charge in [-0.15, -0.1) is 0 Å². The highest BCUT2D eigenvalue weighted by atomic mass is 16.5. The van der Waals surface area contributed by atoms with E-state index in [0.717, 1.165) is 22.9 Å². The van der Waals surface area contributed by atoms with Crippen LogP contribution in [0.15, 0.2) is 60.7 Å². The SMILES string of the molecule is CCCCCCCCOc1ccc(C(=O)Oc2ccc3cc(C(=O)O)ccc3c2)cc1. The summed E-state index contributed by atoms with van der Waals surface area (Å²) < 4.78 is 11.2. The lowest BCUT2D eigenvalue weighted by Gasteiger charge is -2.08. The van der Waals surface area contributed by atoms with Crippen LogP contribution in [0.2, 0.25) is 0 Å². The van der Waals surface area contributed by atoms with Gasteiger partial charge in [0, 0.05) is 0 Å². The van der Waals surface area contributed by atoms with Crippen molar-refractivity contribution in [2.24, 2.45) is 0 Å². The number of esters is 1. The van der Waals surface area contributed by atoms with Gasteiger partial charge in [-0.25, -0.2) is 9.59 Å². The number of hydrogen-bond donors (Lipinski definition) is 1. The van der Waals surface area contributed by atoms with E-state index in [2.05, 4.69) is 6.92 Å². The van der Waals surface area contributed by atoms with Gasteiger partial charge < -0.3 is 14.6 Å². The number of ether oxygens (including phenoxy) is 2. The van der Waals surface area contributed by atoms with Crippen molar-refractivity contribution in [2.75, 3.05) is 6.61 Å². The van der Waals surface area contributed by atoms with E-state index >= 15 is 0 Å². The molecule has 3 rings (SSSR count). The summed E-state index contributed by atoms with van der Waals surface area (Å²) in [6.45, 7) is 2.89.